The monoisotopic (exact) mass is 368 g/mol. The number of ether oxygens (including phenoxy) is 1. The van der Waals surface area contributed by atoms with Crippen LogP contribution < -0.4 is 10.6 Å². The molecule has 0 unspecified atom stereocenters. The molecule has 136 valence electrons. The van der Waals surface area contributed by atoms with E-state index in [2.05, 4.69) is 34.9 Å². The Morgan fingerprint density at radius 1 is 1.12 bits per heavy atom. The van der Waals surface area contributed by atoms with E-state index in [4.69, 9.17) is 17.0 Å². The topological polar surface area (TPSA) is 50.4 Å². The highest BCUT2D eigenvalue weighted by molar-refractivity contribution is 7.80. The van der Waals surface area contributed by atoms with E-state index in [-0.39, 0.29) is 11.5 Å². The fraction of sp³-hybridized carbons (Fsp3) is 0.333. The third-order valence-electron chi connectivity index (χ3n) is 4.77. The fourth-order valence-electron chi connectivity index (χ4n) is 3.54. The van der Waals surface area contributed by atoms with Gasteiger partial charge in [-0.2, -0.15) is 0 Å². The fourth-order valence-corrected chi connectivity index (χ4v) is 3.85. The molecule has 1 aliphatic rings. The summed E-state index contributed by atoms with van der Waals surface area (Å²) in [5.41, 5.74) is 2.43. The zero-order chi connectivity index (χ0) is 18.4. The van der Waals surface area contributed by atoms with Gasteiger partial charge in [0.05, 0.1) is 17.7 Å². The summed E-state index contributed by atoms with van der Waals surface area (Å²) in [7, 11) is 0. The van der Waals surface area contributed by atoms with Crippen LogP contribution in [0.2, 0.25) is 0 Å². The molecule has 2 aromatic rings. The Bertz CT molecular complexity index is 771. The lowest BCUT2D eigenvalue weighted by molar-refractivity contribution is 0.0526. The Labute approximate surface area is 160 Å². The first-order valence-electron chi connectivity index (χ1n) is 9.05. The normalized spacial score (nSPS) is 15.3. The Balaban J connectivity index is 1.72. The molecule has 0 aromatic heterocycles. The van der Waals surface area contributed by atoms with Gasteiger partial charge in [0.2, 0.25) is 0 Å². The molecule has 26 heavy (non-hydrogen) atoms. The lowest BCUT2D eigenvalue weighted by atomic mass is 9.88. The molecular formula is C21H24N2O2S. The van der Waals surface area contributed by atoms with Crippen LogP contribution in [0, 0.1) is 0 Å². The quantitative estimate of drug-likeness (QED) is 0.596. The standard InChI is InChI=1S/C21H24N2O2S/c1-2-25-19(24)16-9-8-12-18(15-16)22-20(26)23-21(13-6-7-14-21)17-10-4-3-5-11-17/h3-5,8-12,15H,2,6-7,13-14H2,1H3,(H2,22,23,26). The van der Waals surface area contributed by atoms with E-state index in [9.17, 15) is 4.79 Å². The SMILES string of the molecule is CCOC(=O)c1cccc(NC(=S)NC2(c3ccccc3)CCCC2)c1. The van der Waals surface area contributed by atoms with Crippen LogP contribution in [0.4, 0.5) is 5.69 Å². The second-order valence-corrected chi connectivity index (χ2v) is 6.94. The summed E-state index contributed by atoms with van der Waals surface area (Å²) < 4.78 is 5.05. The van der Waals surface area contributed by atoms with E-state index < -0.39 is 0 Å². The van der Waals surface area contributed by atoms with E-state index in [0.29, 0.717) is 17.3 Å². The molecule has 0 aliphatic heterocycles. The maximum Gasteiger partial charge on any atom is 0.338 e. The molecule has 0 heterocycles. The van der Waals surface area contributed by atoms with Gasteiger partial charge in [0.15, 0.2) is 5.11 Å². The third-order valence-corrected chi connectivity index (χ3v) is 4.97. The second kappa shape index (κ2) is 8.32. The number of carbonyl (C=O) groups excluding carboxylic acids is 1. The molecule has 0 radical (unpaired) electrons. The van der Waals surface area contributed by atoms with Gasteiger partial charge >= 0.3 is 5.97 Å². The predicted molar refractivity (Wildman–Crippen MR) is 108 cm³/mol. The van der Waals surface area contributed by atoms with Crippen LogP contribution in [0.1, 0.15) is 48.5 Å². The summed E-state index contributed by atoms with van der Waals surface area (Å²) in [5, 5.41) is 7.31. The molecule has 0 saturated heterocycles. The summed E-state index contributed by atoms with van der Waals surface area (Å²) in [6, 6.07) is 17.7. The van der Waals surface area contributed by atoms with E-state index in [1.54, 1.807) is 19.1 Å². The van der Waals surface area contributed by atoms with Crippen molar-refractivity contribution in [2.75, 3.05) is 11.9 Å². The largest absolute Gasteiger partial charge is 0.462 e. The number of carbonyl (C=O) groups is 1. The molecule has 1 saturated carbocycles. The Morgan fingerprint density at radius 3 is 2.54 bits per heavy atom. The van der Waals surface area contributed by atoms with Crippen LogP contribution in [0.5, 0.6) is 0 Å². The Kier molecular flexibility index (Phi) is 5.89. The molecule has 1 aliphatic carbocycles. The zero-order valence-electron chi connectivity index (χ0n) is 15.0. The third kappa shape index (κ3) is 4.22. The molecule has 2 aromatic carbocycles. The van der Waals surface area contributed by atoms with Gasteiger partial charge in [-0.1, -0.05) is 49.2 Å². The van der Waals surface area contributed by atoms with Crippen LogP contribution in [0.3, 0.4) is 0 Å². The zero-order valence-corrected chi connectivity index (χ0v) is 15.8. The minimum absolute atomic E-state index is 0.121. The highest BCUT2D eigenvalue weighted by Gasteiger charge is 2.36. The first kappa shape index (κ1) is 18.4. The number of anilines is 1. The Hall–Kier alpha value is -2.40. The molecule has 0 spiro atoms. The van der Waals surface area contributed by atoms with Crippen LogP contribution in [-0.4, -0.2) is 17.7 Å². The molecule has 1 fully saturated rings. The average Bonchev–Trinajstić information content (AvgIpc) is 3.12. The van der Waals surface area contributed by atoms with Gasteiger partial charge in [-0.15, -0.1) is 0 Å². The molecule has 0 atom stereocenters. The molecular weight excluding hydrogens is 344 g/mol. The smallest absolute Gasteiger partial charge is 0.338 e. The molecule has 0 amide bonds. The lowest BCUT2D eigenvalue weighted by Gasteiger charge is -2.32. The van der Waals surface area contributed by atoms with Crippen molar-refractivity contribution in [3.05, 3.63) is 65.7 Å². The van der Waals surface area contributed by atoms with Crippen molar-refractivity contribution in [3.63, 3.8) is 0 Å². The van der Waals surface area contributed by atoms with Crippen molar-refractivity contribution in [1.29, 1.82) is 0 Å². The number of hydrogen-bond acceptors (Lipinski definition) is 3. The summed E-state index contributed by atoms with van der Waals surface area (Å²) >= 11 is 5.57. The minimum Gasteiger partial charge on any atom is -0.462 e. The van der Waals surface area contributed by atoms with Crippen LogP contribution in [0.25, 0.3) is 0 Å². The number of rotatable bonds is 5. The van der Waals surface area contributed by atoms with Gasteiger partial charge in [-0.3, -0.25) is 0 Å². The molecule has 5 heteroatoms. The van der Waals surface area contributed by atoms with Crippen molar-refractivity contribution in [3.8, 4) is 0 Å². The van der Waals surface area contributed by atoms with Crippen LogP contribution in [0.15, 0.2) is 54.6 Å². The van der Waals surface area contributed by atoms with Gasteiger partial charge in [-0.05, 0) is 55.7 Å². The van der Waals surface area contributed by atoms with Gasteiger partial charge in [0.25, 0.3) is 0 Å². The van der Waals surface area contributed by atoms with E-state index in [1.165, 1.54) is 18.4 Å². The summed E-state index contributed by atoms with van der Waals surface area (Å²) in [6.07, 6.45) is 4.48. The number of thiocarbonyl (C=S) groups is 1. The van der Waals surface area contributed by atoms with Crippen LogP contribution >= 0.6 is 12.2 Å². The molecule has 4 nitrogen and oxygen atoms in total. The van der Waals surface area contributed by atoms with Gasteiger partial charge in [0, 0.05) is 5.69 Å². The van der Waals surface area contributed by atoms with Crippen molar-refractivity contribution in [2.45, 2.75) is 38.1 Å². The lowest BCUT2D eigenvalue weighted by Crippen LogP contribution is -2.45. The maximum atomic E-state index is 11.9. The molecule has 3 rings (SSSR count). The number of esters is 1. The van der Waals surface area contributed by atoms with Crippen molar-refractivity contribution in [1.82, 2.24) is 5.32 Å². The van der Waals surface area contributed by atoms with Crippen LogP contribution in [-0.2, 0) is 10.3 Å². The van der Waals surface area contributed by atoms with E-state index in [1.807, 2.05) is 18.2 Å². The van der Waals surface area contributed by atoms with Gasteiger partial charge in [-0.25, -0.2) is 4.79 Å². The number of hydrogen-bond donors (Lipinski definition) is 2. The average molecular weight is 369 g/mol. The second-order valence-electron chi connectivity index (χ2n) is 6.54. The highest BCUT2D eigenvalue weighted by Crippen LogP contribution is 2.38. The van der Waals surface area contributed by atoms with Gasteiger partial charge in [0.1, 0.15) is 0 Å². The number of benzene rings is 2. The minimum atomic E-state index is -0.327. The summed E-state index contributed by atoms with van der Waals surface area (Å²) in [5.74, 6) is -0.327. The van der Waals surface area contributed by atoms with Gasteiger partial charge < -0.3 is 15.4 Å². The Morgan fingerprint density at radius 2 is 1.85 bits per heavy atom. The maximum absolute atomic E-state index is 11.9. The number of nitrogens with one attached hydrogen (secondary N) is 2. The summed E-state index contributed by atoms with van der Waals surface area (Å²) in [4.78, 5) is 11.9. The molecule has 0 bridgehead atoms. The predicted octanol–water partition coefficient (Wildman–Crippen LogP) is 4.62. The first-order chi connectivity index (χ1) is 12.6. The van der Waals surface area contributed by atoms with E-state index >= 15 is 0 Å². The summed E-state index contributed by atoms with van der Waals surface area (Å²) in [6.45, 7) is 2.15. The van der Waals surface area contributed by atoms with Crippen molar-refractivity contribution < 1.29 is 9.53 Å². The highest BCUT2D eigenvalue weighted by atomic mass is 32.1. The first-order valence-corrected chi connectivity index (χ1v) is 9.46. The van der Waals surface area contributed by atoms with Crippen molar-refractivity contribution in [2.24, 2.45) is 0 Å². The molecule has 2 N–H and O–H groups in total. The van der Waals surface area contributed by atoms with Crippen molar-refractivity contribution >= 4 is 29.0 Å². The van der Waals surface area contributed by atoms with E-state index in [0.717, 1.165) is 18.5 Å².